The molecule has 0 saturated heterocycles. The van der Waals surface area contributed by atoms with Crippen LogP contribution >= 0.6 is 0 Å². The average Bonchev–Trinajstić information content (AvgIpc) is 2.94. The van der Waals surface area contributed by atoms with Gasteiger partial charge in [-0.05, 0) is 48.4 Å². The average molecular weight is 339 g/mol. The van der Waals surface area contributed by atoms with Crippen molar-refractivity contribution in [3.8, 4) is 0 Å². The van der Waals surface area contributed by atoms with Crippen LogP contribution in [0.4, 0.5) is 5.69 Å². The predicted molar refractivity (Wildman–Crippen MR) is 93.6 cm³/mol. The van der Waals surface area contributed by atoms with Crippen molar-refractivity contribution >= 4 is 28.6 Å². The third-order valence-electron chi connectivity index (χ3n) is 3.65. The molecule has 0 fully saturated rings. The first-order chi connectivity index (χ1) is 12.0. The van der Waals surface area contributed by atoms with Gasteiger partial charge in [-0.2, -0.15) is 0 Å². The minimum Gasteiger partial charge on any atom is -0.408 e. The molecule has 0 spiro atoms. The van der Waals surface area contributed by atoms with Gasteiger partial charge in [-0.25, -0.2) is 4.79 Å². The fourth-order valence-electron chi connectivity index (χ4n) is 2.49. The highest BCUT2D eigenvalue weighted by Crippen LogP contribution is 2.13. The van der Waals surface area contributed by atoms with E-state index in [1.807, 2.05) is 12.1 Å². The summed E-state index contributed by atoms with van der Waals surface area (Å²) in [6, 6.07) is 12.1. The zero-order valence-corrected chi connectivity index (χ0v) is 13.6. The summed E-state index contributed by atoms with van der Waals surface area (Å²) in [4.78, 5) is 36.8. The number of benzene rings is 2. The van der Waals surface area contributed by atoms with Gasteiger partial charge in [-0.3, -0.25) is 14.6 Å². The Balaban J connectivity index is 1.56. The fraction of sp³-hybridized carbons (Fsp3) is 0.167. The number of amides is 2. The van der Waals surface area contributed by atoms with E-state index in [0.29, 0.717) is 35.3 Å². The fourth-order valence-corrected chi connectivity index (χ4v) is 2.49. The van der Waals surface area contributed by atoms with E-state index in [1.165, 1.54) is 6.92 Å². The number of anilines is 1. The number of aromatic nitrogens is 1. The molecule has 2 amide bonds. The molecule has 0 aliphatic carbocycles. The maximum atomic E-state index is 12.1. The van der Waals surface area contributed by atoms with Gasteiger partial charge in [0.05, 0.1) is 5.52 Å². The minimum atomic E-state index is -0.483. The SMILES string of the molecule is CC(=O)Nc1ccc(C(=O)NCCc2ccc3oc(=O)[nH]c3c2)cc1. The molecule has 0 aliphatic rings. The van der Waals surface area contributed by atoms with Crippen molar-refractivity contribution in [2.24, 2.45) is 0 Å². The molecule has 7 heteroatoms. The summed E-state index contributed by atoms with van der Waals surface area (Å²) in [5.41, 5.74) is 3.29. The molecule has 3 rings (SSSR count). The van der Waals surface area contributed by atoms with Crippen LogP contribution in [-0.2, 0) is 11.2 Å². The first kappa shape index (κ1) is 16.5. The Hall–Kier alpha value is -3.35. The van der Waals surface area contributed by atoms with Crippen LogP contribution in [0.3, 0.4) is 0 Å². The molecule has 0 saturated carbocycles. The summed E-state index contributed by atoms with van der Waals surface area (Å²) in [7, 11) is 0. The lowest BCUT2D eigenvalue weighted by Gasteiger charge is -2.07. The molecule has 1 heterocycles. The van der Waals surface area contributed by atoms with E-state index in [2.05, 4.69) is 15.6 Å². The van der Waals surface area contributed by atoms with Crippen molar-refractivity contribution in [3.63, 3.8) is 0 Å². The molecule has 128 valence electrons. The number of carbonyl (C=O) groups excluding carboxylic acids is 2. The predicted octanol–water partition coefficient (Wildman–Crippen LogP) is 2.05. The lowest BCUT2D eigenvalue weighted by atomic mass is 10.1. The Kier molecular flexibility index (Phi) is 4.65. The van der Waals surface area contributed by atoms with E-state index >= 15 is 0 Å². The number of aromatic amines is 1. The van der Waals surface area contributed by atoms with Crippen LogP contribution in [0.1, 0.15) is 22.8 Å². The second-order valence-corrected chi connectivity index (χ2v) is 5.61. The number of carbonyl (C=O) groups is 2. The quantitative estimate of drug-likeness (QED) is 0.662. The van der Waals surface area contributed by atoms with Gasteiger partial charge in [0.1, 0.15) is 0 Å². The zero-order valence-electron chi connectivity index (χ0n) is 13.6. The van der Waals surface area contributed by atoms with Gasteiger partial charge in [0.2, 0.25) is 5.91 Å². The molecule has 25 heavy (non-hydrogen) atoms. The van der Waals surface area contributed by atoms with Gasteiger partial charge in [0.15, 0.2) is 5.58 Å². The molecule has 3 N–H and O–H groups in total. The Bertz CT molecular complexity index is 970. The second kappa shape index (κ2) is 7.04. The molecule has 0 radical (unpaired) electrons. The highest BCUT2D eigenvalue weighted by atomic mass is 16.4. The standard InChI is InChI=1S/C18H17N3O4/c1-11(22)20-14-5-3-13(4-6-14)17(23)19-9-8-12-2-7-16-15(10-12)21-18(24)25-16/h2-7,10H,8-9H2,1H3,(H,19,23)(H,20,22)(H,21,24). The van der Waals surface area contributed by atoms with E-state index in [0.717, 1.165) is 5.56 Å². The molecule has 0 bridgehead atoms. The highest BCUT2D eigenvalue weighted by Gasteiger charge is 2.06. The highest BCUT2D eigenvalue weighted by molar-refractivity contribution is 5.95. The van der Waals surface area contributed by atoms with Crippen molar-refractivity contribution in [3.05, 3.63) is 64.1 Å². The Morgan fingerprint density at radius 2 is 1.88 bits per heavy atom. The Morgan fingerprint density at radius 1 is 1.12 bits per heavy atom. The van der Waals surface area contributed by atoms with Gasteiger partial charge < -0.3 is 15.1 Å². The number of nitrogens with one attached hydrogen (secondary N) is 3. The molecule has 2 aromatic carbocycles. The Morgan fingerprint density at radius 3 is 2.60 bits per heavy atom. The normalized spacial score (nSPS) is 10.6. The third kappa shape index (κ3) is 4.14. The minimum absolute atomic E-state index is 0.159. The summed E-state index contributed by atoms with van der Waals surface area (Å²) >= 11 is 0. The summed E-state index contributed by atoms with van der Waals surface area (Å²) in [6.07, 6.45) is 0.624. The van der Waals surface area contributed by atoms with E-state index in [-0.39, 0.29) is 11.8 Å². The number of H-pyrrole nitrogens is 1. The van der Waals surface area contributed by atoms with Gasteiger partial charge in [-0.1, -0.05) is 6.07 Å². The lowest BCUT2D eigenvalue weighted by molar-refractivity contribution is -0.114. The summed E-state index contributed by atoms with van der Waals surface area (Å²) < 4.78 is 4.95. The first-order valence-corrected chi connectivity index (χ1v) is 7.79. The number of rotatable bonds is 5. The van der Waals surface area contributed by atoms with Gasteiger partial charge in [0.25, 0.3) is 5.91 Å². The Labute approximate surface area is 143 Å². The molecule has 0 aliphatic heterocycles. The second-order valence-electron chi connectivity index (χ2n) is 5.61. The zero-order chi connectivity index (χ0) is 17.8. The van der Waals surface area contributed by atoms with E-state index in [4.69, 9.17) is 4.42 Å². The molecular formula is C18H17N3O4. The van der Waals surface area contributed by atoms with Crippen LogP contribution in [0, 0.1) is 0 Å². The summed E-state index contributed by atoms with van der Waals surface area (Å²) in [5, 5.41) is 5.49. The summed E-state index contributed by atoms with van der Waals surface area (Å²) in [5.74, 6) is -0.830. The largest absolute Gasteiger partial charge is 0.417 e. The van der Waals surface area contributed by atoms with Crippen molar-refractivity contribution in [2.45, 2.75) is 13.3 Å². The smallest absolute Gasteiger partial charge is 0.408 e. The maximum absolute atomic E-state index is 12.1. The molecule has 7 nitrogen and oxygen atoms in total. The van der Waals surface area contributed by atoms with Crippen LogP contribution < -0.4 is 16.4 Å². The topological polar surface area (TPSA) is 104 Å². The van der Waals surface area contributed by atoms with Gasteiger partial charge >= 0.3 is 5.76 Å². The van der Waals surface area contributed by atoms with Crippen LogP contribution in [0.5, 0.6) is 0 Å². The van der Waals surface area contributed by atoms with Crippen molar-refractivity contribution < 1.29 is 14.0 Å². The number of hydrogen-bond acceptors (Lipinski definition) is 4. The molecule has 3 aromatic rings. The third-order valence-corrected chi connectivity index (χ3v) is 3.65. The number of fused-ring (bicyclic) bond motifs is 1. The van der Waals surface area contributed by atoms with Crippen molar-refractivity contribution in [2.75, 3.05) is 11.9 Å². The lowest BCUT2D eigenvalue weighted by Crippen LogP contribution is -2.25. The number of oxazole rings is 1. The van der Waals surface area contributed by atoms with Crippen LogP contribution in [-0.4, -0.2) is 23.3 Å². The van der Waals surface area contributed by atoms with Crippen LogP contribution in [0.15, 0.2) is 51.7 Å². The van der Waals surface area contributed by atoms with Crippen LogP contribution in [0.25, 0.3) is 11.1 Å². The van der Waals surface area contributed by atoms with Gasteiger partial charge in [-0.15, -0.1) is 0 Å². The van der Waals surface area contributed by atoms with Crippen LogP contribution in [0.2, 0.25) is 0 Å². The van der Waals surface area contributed by atoms with Crippen molar-refractivity contribution in [1.82, 2.24) is 10.3 Å². The van der Waals surface area contributed by atoms with E-state index in [9.17, 15) is 14.4 Å². The molecule has 1 aromatic heterocycles. The summed E-state index contributed by atoms with van der Waals surface area (Å²) in [6.45, 7) is 1.89. The monoisotopic (exact) mass is 339 g/mol. The van der Waals surface area contributed by atoms with Gasteiger partial charge in [0, 0.05) is 24.7 Å². The molecule has 0 unspecified atom stereocenters. The first-order valence-electron chi connectivity index (χ1n) is 7.79. The maximum Gasteiger partial charge on any atom is 0.417 e. The molecule has 0 atom stereocenters. The van der Waals surface area contributed by atoms with E-state index < -0.39 is 5.76 Å². The molecular weight excluding hydrogens is 322 g/mol. The van der Waals surface area contributed by atoms with Crippen molar-refractivity contribution in [1.29, 1.82) is 0 Å². The van der Waals surface area contributed by atoms with E-state index in [1.54, 1.807) is 30.3 Å². The number of hydrogen-bond donors (Lipinski definition) is 3.